The number of ether oxygens (including phenoxy) is 3. The van der Waals surface area contributed by atoms with E-state index in [-0.39, 0.29) is 36.7 Å². The summed E-state index contributed by atoms with van der Waals surface area (Å²) >= 11 is 5.90. The van der Waals surface area contributed by atoms with Crippen molar-refractivity contribution in [1.82, 2.24) is 14.9 Å². The fraction of sp³-hybridized carbons (Fsp3) is 0.292. The lowest BCUT2D eigenvalue weighted by atomic mass is 10.2. The number of aromatic nitrogens is 2. The Hall–Kier alpha value is -4.16. The zero-order valence-corrected chi connectivity index (χ0v) is 20.7. The fourth-order valence-corrected chi connectivity index (χ4v) is 3.83. The van der Waals surface area contributed by atoms with Gasteiger partial charge in [0.15, 0.2) is 12.2 Å². The van der Waals surface area contributed by atoms with E-state index in [9.17, 15) is 14.4 Å². The maximum absolute atomic E-state index is 13.1. The molecular formula is C24H24ClN5O7. The van der Waals surface area contributed by atoms with Crippen molar-refractivity contribution in [2.45, 2.75) is 25.5 Å². The van der Waals surface area contributed by atoms with Gasteiger partial charge in [-0.15, -0.1) is 0 Å². The van der Waals surface area contributed by atoms with Gasteiger partial charge < -0.3 is 34.2 Å². The van der Waals surface area contributed by atoms with E-state index in [1.165, 1.54) is 18.2 Å². The van der Waals surface area contributed by atoms with Crippen molar-refractivity contribution in [1.29, 1.82) is 0 Å². The highest BCUT2D eigenvalue weighted by molar-refractivity contribution is 6.30. The number of anilines is 2. The van der Waals surface area contributed by atoms with Crippen molar-refractivity contribution >= 4 is 41.2 Å². The van der Waals surface area contributed by atoms with Crippen LogP contribution in [-0.2, 0) is 14.3 Å². The van der Waals surface area contributed by atoms with Gasteiger partial charge in [-0.2, -0.15) is 4.98 Å². The molecule has 1 fully saturated rings. The first-order valence-corrected chi connectivity index (χ1v) is 11.7. The number of oxazole rings is 1. The number of benzene rings is 1. The second-order valence-electron chi connectivity index (χ2n) is 7.89. The Morgan fingerprint density at radius 3 is 2.59 bits per heavy atom. The van der Waals surface area contributed by atoms with Crippen molar-refractivity contribution in [2.75, 3.05) is 30.9 Å². The highest BCUT2D eigenvalue weighted by Crippen LogP contribution is 2.29. The third kappa shape index (κ3) is 6.35. The number of pyridine rings is 1. The average molecular weight is 530 g/mol. The molecule has 1 aliphatic rings. The van der Waals surface area contributed by atoms with E-state index in [0.717, 1.165) is 6.39 Å². The Bertz CT molecular complexity index is 1250. The summed E-state index contributed by atoms with van der Waals surface area (Å²) in [6.45, 7) is 2.04. The molecule has 3 aromatic rings. The van der Waals surface area contributed by atoms with Gasteiger partial charge in [-0.1, -0.05) is 11.6 Å². The number of hydrogen-bond acceptors (Lipinski definition) is 9. The van der Waals surface area contributed by atoms with Crippen molar-refractivity contribution in [2.24, 2.45) is 0 Å². The Morgan fingerprint density at radius 1 is 1.14 bits per heavy atom. The number of carbonyl (C=O) groups is 3. The number of amides is 3. The minimum Gasteiger partial charge on any atom is -0.439 e. The lowest BCUT2D eigenvalue weighted by Crippen LogP contribution is -2.45. The highest BCUT2D eigenvalue weighted by atomic mass is 35.5. The first kappa shape index (κ1) is 25.9. The summed E-state index contributed by atoms with van der Waals surface area (Å²) < 4.78 is 20.5. The van der Waals surface area contributed by atoms with Crippen LogP contribution in [0.25, 0.3) is 11.3 Å². The second-order valence-corrected chi connectivity index (χ2v) is 8.33. The molecule has 3 heterocycles. The summed E-state index contributed by atoms with van der Waals surface area (Å²) in [5.41, 5.74) is 1.00. The molecule has 0 spiro atoms. The standard InChI is InChI=1S/C24H24ClN5O7/c1-3-35-24(33)37-22-20(36-13-27-22)14-4-9-19(26-11-14)29-21(31)18-10-17(34-2)12-30(18)23(32)28-16-7-5-15(25)6-8-16/h4-9,11,13,17-18H,3,10,12H2,1-2H3,(H,28,32)(H,26,29,31)/t17-,18-/m1/s1. The molecule has 37 heavy (non-hydrogen) atoms. The Morgan fingerprint density at radius 2 is 1.92 bits per heavy atom. The van der Waals surface area contributed by atoms with Gasteiger partial charge >= 0.3 is 12.2 Å². The highest BCUT2D eigenvalue weighted by Gasteiger charge is 2.40. The number of rotatable bonds is 7. The van der Waals surface area contributed by atoms with Crippen LogP contribution < -0.4 is 15.4 Å². The predicted octanol–water partition coefficient (Wildman–Crippen LogP) is 4.19. The summed E-state index contributed by atoms with van der Waals surface area (Å²) in [5, 5.41) is 6.04. The quantitative estimate of drug-likeness (QED) is 0.430. The molecule has 2 atom stereocenters. The number of carbonyl (C=O) groups excluding carboxylic acids is 3. The van der Waals surface area contributed by atoms with Crippen LogP contribution in [0.1, 0.15) is 13.3 Å². The summed E-state index contributed by atoms with van der Waals surface area (Å²) in [5.74, 6) is -0.0738. The third-order valence-electron chi connectivity index (χ3n) is 5.51. The normalized spacial score (nSPS) is 16.8. The SMILES string of the molecule is CCOC(=O)Oc1ncoc1-c1ccc(NC(=O)[C@H]2C[C@@H](OC)CN2C(=O)Nc2ccc(Cl)cc2)nc1. The largest absolute Gasteiger partial charge is 0.515 e. The van der Waals surface area contributed by atoms with E-state index in [2.05, 4.69) is 20.6 Å². The molecule has 1 saturated heterocycles. The minimum atomic E-state index is -0.912. The zero-order chi connectivity index (χ0) is 26.4. The Balaban J connectivity index is 1.42. The van der Waals surface area contributed by atoms with Crippen LogP contribution in [0, 0.1) is 0 Å². The monoisotopic (exact) mass is 529 g/mol. The molecule has 2 aromatic heterocycles. The molecule has 0 radical (unpaired) electrons. The predicted molar refractivity (Wildman–Crippen MR) is 132 cm³/mol. The number of urea groups is 1. The first-order valence-electron chi connectivity index (χ1n) is 11.3. The van der Waals surface area contributed by atoms with Gasteiger partial charge in [-0.05, 0) is 43.3 Å². The van der Waals surface area contributed by atoms with Gasteiger partial charge in [-0.3, -0.25) is 4.79 Å². The molecule has 12 nitrogen and oxygen atoms in total. The van der Waals surface area contributed by atoms with E-state index in [1.54, 1.807) is 43.3 Å². The van der Waals surface area contributed by atoms with Gasteiger partial charge in [0.05, 0.1) is 12.7 Å². The molecule has 194 valence electrons. The van der Waals surface area contributed by atoms with Gasteiger partial charge in [0.1, 0.15) is 11.9 Å². The summed E-state index contributed by atoms with van der Waals surface area (Å²) in [4.78, 5) is 47.1. The zero-order valence-electron chi connectivity index (χ0n) is 20.0. The molecule has 0 aliphatic carbocycles. The van der Waals surface area contributed by atoms with Crippen LogP contribution in [-0.4, -0.2) is 65.4 Å². The number of nitrogens with one attached hydrogen (secondary N) is 2. The molecule has 13 heteroatoms. The van der Waals surface area contributed by atoms with Crippen molar-refractivity contribution < 1.29 is 33.0 Å². The van der Waals surface area contributed by atoms with Crippen LogP contribution in [0.15, 0.2) is 53.4 Å². The molecular weight excluding hydrogens is 506 g/mol. The van der Waals surface area contributed by atoms with Gasteiger partial charge in [-0.25, -0.2) is 14.6 Å². The van der Waals surface area contributed by atoms with Crippen molar-refractivity contribution in [3.05, 3.63) is 54.0 Å². The molecule has 1 aliphatic heterocycles. The number of methoxy groups -OCH3 is 1. The topological polar surface area (TPSA) is 145 Å². The second kappa shape index (κ2) is 11.7. The molecule has 2 N–H and O–H groups in total. The fourth-order valence-electron chi connectivity index (χ4n) is 3.71. The molecule has 0 unspecified atom stereocenters. The summed E-state index contributed by atoms with van der Waals surface area (Å²) in [6.07, 6.45) is 1.65. The minimum absolute atomic E-state index is 0.0732. The van der Waals surface area contributed by atoms with Gasteiger partial charge in [0.2, 0.25) is 5.91 Å². The smallest absolute Gasteiger partial charge is 0.439 e. The average Bonchev–Trinajstić information content (AvgIpc) is 3.53. The first-order chi connectivity index (χ1) is 17.9. The number of halogens is 1. The number of likely N-dealkylation sites (tertiary alicyclic amines) is 1. The van der Waals surface area contributed by atoms with Crippen LogP contribution in [0.4, 0.5) is 21.1 Å². The molecule has 1 aromatic carbocycles. The van der Waals surface area contributed by atoms with E-state index >= 15 is 0 Å². The number of nitrogens with zero attached hydrogens (tertiary/aromatic N) is 3. The van der Waals surface area contributed by atoms with E-state index in [1.807, 2.05) is 0 Å². The van der Waals surface area contributed by atoms with Gasteiger partial charge in [0.25, 0.3) is 5.88 Å². The summed E-state index contributed by atoms with van der Waals surface area (Å²) in [6, 6.07) is 8.59. The molecule has 0 bridgehead atoms. The van der Waals surface area contributed by atoms with Crippen LogP contribution in [0.3, 0.4) is 0 Å². The lowest BCUT2D eigenvalue weighted by Gasteiger charge is -2.24. The molecule has 4 rings (SSSR count). The third-order valence-corrected chi connectivity index (χ3v) is 5.76. The van der Waals surface area contributed by atoms with Crippen LogP contribution in [0.5, 0.6) is 5.88 Å². The Labute approximate surface area is 216 Å². The lowest BCUT2D eigenvalue weighted by molar-refractivity contribution is -0.119. The van der Waals surface area contributed by atoms with Crippen molar-refractivity contribution in [3.63, 3.8) is 0 Å². The maximum Gasteiger partial charge on any atom is 0.515 e. The summed E-state index contributed by atoms with van der Waals surface area (Å²) in [7, 11) is 1.53. The van der Waals surface area contributed by atoms with Crippen molar-refractivity contribution in [3.8, 4) is 17.2 Å². The van der Waals surface area contributed by atoms with Gasteiger partial charge in [0, 0.05) is 42.5 Å². The van der Waals surface area contributed by atoms with Crippen LogP contribution in [0.2, 0.25) is 5.02 Å². The van der Waals surface area contributed by atoms with Crippen LogP contribution >= 0.6 is 11.6 Å². The Kier molecular flexibility index (Phi) is 8.21. The van der Waals surface area contributed by atoms with E-state index < -0.39 is 24.1 Å². The molecule has 0 saturated carbocycles. The van der Waals surface area contributed by atoms with E-state index in [0.29, 0.717) is 22.7 Å². The van der Waals surface area contributed by atoms with E-state index in [4.69, 9.17) is 30.2 Å². The maximum atomic E-state index is 13.1. The number of hydrogen-bond donors (Lipinski definition) is 2. The molecule has 3 amide bonds.